The van der Waals surface area contributed by atoms with Gasteiger partial charge in [0, 0.05) is 29.6 Å². The number of phenols is 1. The molecule has 0 atom stereocenters. The average Bonchev–Trinajstić information content (AvgIpc) is 2.79. The highest BCUT2D eigenvalue weighted by Gasteiger charge is 2.12. The number of nitrogens with one attached hydrogen (secondary N) is 1. The van der Waals surface area contributed by atoms with E-state index in [0.29, 0.717) is 5.75 Å². The Balaban J connectivity index is 2.07. The SMILES string of the molecule is Cc1c(O)cccc1-c1nnc(CCNC(C)(C)C)s1. The molecule has 0 radical (unpaired) electrons. The molecule has 0 amide bonds. The molecule has 0 aliphatic carbocycles. The third-order valence-corrected chi connectivity index (χ3v) is 4.01. The Hall–Kier alpha value is -1.46. The molecule has 2 aromatic rings. The fourth-order valence-corrected chi connectivity index (χ4v) is 2.78. The number of benzene rings is 1. The summed E-state index contributed by atoms with van der Waals surface area (Å²) >= 11 is 1.59. The highest BCUT2D eigenvalue weighted by molar-refractivity contribution is 7.14. The smallest absolute Gasteiger partial charge is 0.148 e. The molecule has 1 aromatic carbocycles. The number of aromatic nitrogens is 2. The van der Waals surface area contributed by atoms with Gasteiger partial charge >= 0.3 is 0 Å². The van der Waals surface area contributed by atoms with Crippen LogP contribution in [0.15, 0.2) is 18.2 Å². The number of nitrogens with zero attached hydrogens (tertiary/aromatic N) is 2. The Morgan fingerprint density at radius 1 is 1.25 bits per heavy atom. The van der Waals surface area contributed by atoms with Gasteiger partial charge in [-0.1, -0.05) is 23.5 Å². The van der Waals surface area contributed by atoms with E-state index in [1.807, 2.05) is 19.1 Å². The molecule has 1 aromatic heterocycles. The van der Waals surface area contributed by atoms with Gasteiger partial charge in [0.2, 0.25) is 0 Å². The second-order valence-corrected chi connectivity index (χ2v) is 6.94. The van der Waals surface area contributed by atoms with Gasteiger partial charge in [-0.2, -0.15) is 0 Å². The molecule has 4 nitrogen and oxygen atoms in total. The van der Waals surface area contributed by atoms with Crippen molar-refractivity contribution in [3.8, 4) is 16.3 Å². The van der Waals surface area contributed by atoms with Crippen molar-refractivity contribution in [2.24, 2.45) is 0 Å². The van der Waals surface area contributed by atoms with Crippen molar-refractivity contribution in [2.75, 3.05) is 6.54 Å². The van der Waals surface area contributed by atoms with E-state index in [4.69, 9.17) is 0 Å². The summed E-state index contributed by atoms with van der Waals surface area (Å²) in [7, 11) is 0. The average molecular weight is 291 g/mol. The minimum atomic E-state index is 0.120. The highest BCUT2D eigenvalue weighted by Crippen LogP contribution is 2.31. The first-order valence-corrected chi connectivity index (χ1v) is 7.55. The lowest BCUT2D eigenvalue weighted by Crippen LogP contribution is -2.37. The standard InChI is InChI=1S/C15H21N3OS/c1-10-11(6-5-7-12(10)19)14-18-17-13(20-14)8-9-16-15(2,3)4/h5-7,16,19H,8-9H2,1-4H3. The first-order valence-electron chi connectivity index (χ1n) is 6.73. The number of aromatic hydroxyl groups is 1. The molecule has 0 aliphatic rings. The third kappa shape index (κ3) is 3.77. The zero-order chi connectivity index (χ0) is 14.8. The lowest BCUT2D eigenvalue weighted by molar-refractivity contribution is 0.429. The van der Waals surface area contributed by atoms with Crippen molar-refractivity contribution < 1.29 is 5.11 Å². The maximum Gasteiger partial charge on any atom is 0.148 e. The zero-order valence-corrected chi connectivity index (χ0v) is 13.2. The van der Waals surface area contributed by atoms with Crippen LogP contribution in [0.3, 0.4) is 0 Å². The van der Waals surface area contributed by atoms with Gasteiger partial charge in [0.05, 0.1) is 0 Å². The highest BCUT2D eigenvalue weighted by atomic mass is 32.1. The van der Waals surface area contributed by atoms with Crippen LogP contribution in [0, 0.1) is 6.92 Å². The van der Waals surface area contributed by atoms with Crippen LogP contribution < -0.4 is 5.32 Å². The molecule has 0 fully saturated rings. The molecule has 0 bridgehead atoms. The lowest BCUT2D eigenvalue weighted by Gasteiger charge is -2.19. The van der Waals surface area contributed by atoms with Gasteiger partial charge in [-0.25, -0.2) is 0 Å². The van der Waals surface area contributed by atoms with Crippen LogP contribution in [-0.2, 0) is 6.42 Å². The van der Waals surface area contributed by atoms with Crippen molar-refractivity contribution in [1.29, 1.82) is 0 Å². The van der Waals surface area contributed by atoms with Crippen LogP contribution in [0.4, 0.5) is 0 Å². The van der Waals surface area contributed by atoms with Crippen molar-refractivity contribution in [3.63, 3.8) is 0 Å². The van der Waals surface area contributed by atoms with Gasteiger partial charge in [-0.3, -0.25) is 0 Å². The molecule has 2 rings (SSSR count). The minimum Gasteiger partial charge on any atom is -0.508 e. The van der Waals surface area contributed by atoms with Crippen LogP contribution in [0.2, 0.25) is 0 Å². The molecule has 2 N–H and O–H groups in total. The van der Waals surface area contributed by atoms with Crippen molar-refractivity contribution in [2.45, 2.75) is 39.7 Å². The van der Waals surface area contributed by atoms with E-state index >= 15 is 0 Å². The van der Waals surface area contributed by atoms with Crippen molar-refractivity contribution >= 4 is 11.3 Å². The summed E-state index contributed by atoms with van der Waals surface area (Å²) in [4.78, 5) is 0. The second kappa shape index (κ2) is 5.89. The number of hydrogen-bond acceptors (Lipinski definition) is 5. The molecule has 5 heteroatoms. The first kappa shape index (κ1) is 14.9. The van der Waals surface area contributed by atoms with Crippen LogP contribution in [0.1, 0.15) is 31.3 Å². The second-order valence-electron chi connectivity index (χ2n) is 5.88. The fraction of sp³-hybridized carbons (Fsp3) is 0.467. The van der Waals surface area contributed by atoms with E-state index in [0.717, 1.165) is 34.1 Å². The summed E-state index contributed by atoms with van der Waals surface area (Å²) in [5.41, 5.74) is 1.93. The maximum atomic E-state index is 9.75. The predicted octanol–water partition coefficient (Wildman–Crippen LogP) is 3.15. The van der Waals surface area contributed by atoms with Crippen LogP contribution >= 0.6 is 11.3 Å². The van der Waals surface area contributed by atoms with E-state index in [-0.39, 0.29) is 5.54 Å². The molecule has 108 valence electrons. The Morgan fingerprint density at radius 2 is 2.00 bits per heavy atom. The molecule has 0 aliphatic heterocycles. The third-order valence-electron chi connectivity index (χ3n) is 3.00. The molecule has 20 heavy (non-hydrogen) atoms. The van der Waals surface area contributed by atoms with Gasteiger partial charge in [-0.05, 0) is 33.8 Å². The van der Waals surface area contributed by atoms with Crippen LogP contribution in [-0.4, -0.2) is 27.4 Å². The van der Waals surface area contributed by atoms with Crippen molar-refractivity contribution in [1.82, 2.24) is 15.5 Å². The van der Waals surface area contributed by atoms with Gasteiger partial charge in [0.25, 0.3) is 0 Å². The van der Waals surface area contributed by atoms with E-state index in [1.165, 1.54) is 0 Å². The normalized spacial score (nSPS) is 11.8. The molecule has 0 saturated carbocycles. The fourth-order valence-electron chi connectivity index (χ4n) is 1.86. The summed E-state index contributed by atoms with van der Waals surface area (Å²) in [5.74, 6) is 0.300. The Labute approximate surface area is 123 Å². The maximum absolute atomic E-state index is 9.75. The summed E-state index contributed by atoms with van der Waals surface area (Å²) in [6.07, 6.45) is 0.868. The predicted molar refractivity (Wildman–Crippen MR) is 83.2 cm³/mol. The Bertz CT molecular complexity index is 587. The van der Waals surface area contributed by atoms with Gasteiger partial charge in [0.15, 0.2) is 0 Å². The Morgan fingerprint density at radius 3 is 2.70 bits per heavy atom. The summed E-state index contributed by atoms with van der Waals surface area (Å²) in [5, 5.41) is 23.5. The van der Waals surface area contributed by atoms with Crippen LogP contribution in [0.25, 0.3) is 10.6 Å². The Kier molecular flexibility index (Phi) is 4.40. The van der Waals surface area contributed by atoms with Gasteiger partial charge in [0.1, 0.15) is 15.8 Å². The van der Waals surface area contributed by atoms with Crippen molar-refractivity contribution in [3.05, 3.63) is 28.8 Å². The molecule has 0 saturated heterocycles. The molecule has 0 unspecified atom stereocenters. The summed E-state index contributed by atoms with van der Waals surface area (Å²) < 4.78 is 0. The molecule has 1 heterocycles. The van der Waals surface area contributed by atoms with Gasteiger partial charge < -0.3 is 10.4 Å². The van der Waals surface area contributed by atoms with E-state index < -0.39 is 0 Å². The summed E-state index contributed by atoms with van der Waals surface area (Å²) in [6.45, 7) is 9.22. The molecule has 0 spiro atoms. The minimum absolute atomic E-state index is 0.120. The van der Waals surface area contributed by atoms with E-state index in [1.54, 1.807) is 17.4 Å². The quantitative estimate of drug-likeness (QED) is 0.908. The first-order chi connectivity index (χ1) is 9.37. The topological polar surface area (TPSA) is 58.0 Å². The van der Waals surface area contributed by atoms with Crippen LogP contribution in [0.5, 0.6) is 5.75 Å². The number of rotatable bonds is 4. The van der Waals surface area contributed by atoms with E-state index in [2.05, 4.69) is 36.3 Å². The number of hydrogen-bond donors (Lipinski definition) is 2. The monoisotopic (exact) mass is 291 g/mol. The molecular formula is C15H21N3OS. The molecular weight excluding hydrogens is 270 g/mol. The largest absolute Gasteiger partial charge is 0.508 e. The van der Waals surface area contributed by atoms with Gasteiger partial charge in [-0.15, -0.1) is 10.2 Å². The lowest BCUT2D eigenvalue weighted by atomic mass is 10.1. The number of phenolic OH excluding ortho intramolecular Hbond substituents is 1. The summed E-state index contributed by atoms with van der Waals surface area (Å²) in [6, 6.07) is 5.49. The van der Waals surface area contributed by atoms with E-state index in [9.17, 15) is 5.11 Å². The zero-order valence-electron chi connectivity index (χ0n) is 12.4.